The summed E-state index contributed by atoms with van der Waals surface area (Å²) >= 11 is 1.08. The lowest BCUT2D eigenvalue weighted by Crippen LogP contribution is -2.30. The Balaban J connectivity index is 2.27. The molecule has 6 nitrogen and oxygen atoms in total. The molecule has 28 heavy (non-hydrogen) atoms. The van der Waals surface area contributed by atoms with Crippen molar-refractivity contribution in [2.24, 2.45) is 5.73 Å². The zero-order valence-corrected chi connectivity index (χ0v) is 17.4. The molecule has 0 saturated carbocycles. The highest BCUT2D eigenvalue weighted by molar-refractivity contribution is 7.18. The van der Waals surface area contributed by atoms with E-state index in [0.717, 1.165) is 22.5 Å². The minimum absolute atomic E-state index is 0.175. The Morgan fingerprint density at radius 2 is 1.71 bits per heavy atom. The summed E-state index contributed by atoms with van der Waals surface area (Å²) in [4.78, 5) is 39.0. The summed E-state index contributed by atoms with van der Waals surface area (Å²) in [5, 5.41) is 2.98. The molecule has 3 N–H and O–H groups in total. The van der Waals surface area contributed by atoms with Gasteiger partial charge in [0.25, 0.3) is 11.8 Å². The molecule has 0 radical (unpaired) electrons. The van der Waals surface area contributed by atoms with Crippen molar-refractivity contribution in [1.82, 2.24) is 4.90 Å². The molecule has 2 aromatic rings. The van der Waals surface area contributed by atoms with Gasteiger partial charge in [0, 0.05) is 19.2 Å². The lowest BCUT2D eigenvalue weighted by atomic mass is 10.1. The number of nitrogens with one attached hydrogen (secondary N) is 1. The largest absolute Gasteiger partial charge is 0.365 e. The lowest BCUT2D eigenvalue weighted by molar-refractivity contribution is -0.111. The summed E-state index contributed by atoms with van der Waals surface area (Å²) in [6.45, 7) is 8.54. The number of anilines is 1. The Hall–Kier alpha value is -2.93. The maximum absolute atomic E-state index is 12.7. The molecule has 1 aromatic carbocycles. The zero-order chi connectivity index (χ0) is 20.8. The number of benzene rings is 1. The number of hydrogen-bond donors (Lipinski definition) is 2. The normalized spacial score (nSPS) is 10.9. The van der Waals surface area contributed by atoms with Crippen LogP contribution in [0.15, 0.2) is 30.3 Å². The summed E-state index contributed by atoms with van der Waals surface area (Å²) in [6, 6.07) is 7.72. The van der Waals surface area contributed by atoms with Crippen LogP contribution in [0.2, 0.25) is 0 Å². The Morgan fingerprint density at radius 1 is 1.11 bits per heavy atom. The highest BCUT2D eigenvalue weighted by atomic mass is 32.1. The monoisotopic (exact) mass is 399 g/mol. The van der Waals surface area contributed by atoms with Crippen LogP contribution in [0.5, 0.6) is 0 Å². The summed E-state index contributed by atoms with van der Waals surface area (Å²) in [7, 11) is 0. The highest BCUT2D eigenvalue weighted by Gasteiger charge is 2.26. The molecule has 3 amide bonds. The lowest BCUT2D eigenvalue weighted by Gasteiger charge is -2.17. The molecule has 0 fully saturated rings. The van der Waals surface area contributed by atoms with E-state index in [-0.39, 0.29) is 11.5 Å². The van der Waals surface area contributed by atoms with E-state index < -0.39 is 11.8 Å². The van der Waals surface area contributed by atoms with Crippen molar-refractivity contribution in [1.29, 1.82) is 0 Å². The summed E-state index contributed by atoms with van der Waals surface area (Å²) in [5.74, 6) is -1.25. The van der Waals surface area contributed by atoms with Crippen LogP contribution in [0.3, 0.4) is 0 Å². The number of carbonyl (C=O) groups is 3. The first kappa shape index (κ1) is 21.4. The molecule has 0 bridgehead atoms. The van der Waals surface area contributed by atoms with Gasteiger partial charge in [-0.2, -0.15) is 0 Å². The fourth-order valence-corrected chi connectivity index (χ4v) is 3.94. The van der Waals surface area contributed by atoms with E-state index in [1.54, 1.807) is 17.9 Å². The van der Waals surface area contributed by atoms with Gasteiger partial charge in [-0.1, -0.05) is 29.8 Å². The molecule has 0 atom stereocenters. The highest BCUT2D eigenvalue weighted by Crippen LogP contribution is 2.33. The van der Waals surface area contributed by atoms with Crippen molar-refractivity contribution in [2.75, 3.05) is 18.4 Å². The van der Waals surface area contributed by atoms with E-state index in [1.807, 2.05) is 45.0 Å². The predicted octanol–water partition coefficient (Wildman–Crippen LogP) is 3.60. The molecule has 1 heterocycles. The first-order chi connectivity index (χ1) is 13.3. The van der Waals surface area contributed by atoms with Crippen LogP contribution in [-0.2, 0) is 4.79 Å². The maximum Gasteiger partial charge on any atom is 0.264 e. The molecule has 0 spiro atoms. The van der Waals surface area contributed by atoms with E-state index in [4.69, 9.17) is 5.73 Å². The predicted molar refractivity (Wildman–Crippen MR) is 114 cm³/mol. The minimum Gasteiger partial charge on any atom is -0.365 e. The number of hydrogen-bond acceptors (Lipinski definition) is 4. The van der Waals surface area contributed by atoms with Crippen molar-refractivity contribution in [3.63, 3.8) is 0 Å². The minimum atomic E-state index is -0.676. The van der Waals surface area contributed by atoms with Gasteiger partial charge in [-0.3, -0.25) is 14.4 Å². The Morgan fingerprint density at radius 3 is 2.25 bits per heavy atom. The molecule has 0 aliphatic carbocycles. The van der Waals surface area contributed by atoms with Crippen LogP contribution in [-0.4, -0.2) is 35.7 Å². The van der Waals surface area contributed by atoms with E-state index in [0.29, 0.717) is 28.5 Å². The second-order valence-corrected chi connectivity index (χ2v) is 7.36. The summed E-state index contributed by atoms with van der Waals surface area (Å²) in [6.07, 6.45) is 3.07. The molecule has 0 aliphatic rings. The number of nitrogens with two attached hydrogens (primary N) is 1. The van der Waals surface area contributed by atoms with Crippen LogP contribution in [0.4, 0.5) is 5.00 Å². The molecule has 2 rings (SSSR count). The molecular formula is C21H25N3O3S. The zero-order valence-electron chi connectivity index (χ0n) is 16.5. The third-order valence-corrected chi connectivity index (χ3v) is 5.57. The standard InChI is InChI=1S/C21H25N3O3S/c1-5-24(6-2)21(27)18-14(4)17(19(22)26)20(28-18)23-16(25)12-11-15-9-7-13(3)8-10-15/h7-12H,5-6H2,1-4H3,(H2,22,26)(H,23,25)/b12-11+. The number of primary amides is 1. The number of rotatable bonds is 7. The molecule has 0 saturated heterocycles. The van der Waals surface area contributed by atoms with Crippen molar-refractivity contribution in [3.05, 3.63) is 57.5 Å². The molecule has 1 aromatic heterocycles. The number of nitrogens with zero attached hydrogens (tertiary/aromatic N) is 1. The van der Waals surface area contributed by atoms with Crippen LogP contribution in [0.1, 0.15) is 50.6 Å². The topological polar surface area (TPSA) is 92.5 Å². The average molecular weight is 400 g/mol. The van der Waals surface area contributed by atoms with Gasteiger partial charge in [0.05, 0.1) is 10.4 Å². The molecule has 0 unspecified atom stereocenters. The Bertz CT molecular complexity index is 910. The SMILES string of the molecule is CCN(CC)C(=O)c1sc(NC(=O)/C=C/c2ccc(C)cc2)c(C(N)=O)c1C. The van der Waals surface area contributed by atoms with Gasteiger partial charge in [0.1, 0.15) is 5.00 Å². The fourth-order valence-electron chi connectivity index (χ4n) is 2.76. The second kappa shape index (κ2) is 9.32. The Kier molecular flexibility index (Phi) is 7.12. The molecule has 7 heteroatoms. The Labute approximate surface area is 169 Å². The summed E-state index contributed by atoms with van der Waals surface area (Å²) < 4.78 is 0. The number of thiophene rings is 1. The molecule has 0 aliphatic heterocycles. The molecular weight excluding hydrogens is 374 g/mol. The fraction of sp³-hybridized carbons (Fsp3) is 0.286. The smallest absolute Gasteiger partial charge is 0.264 e. The average Bonchev–Trinajstić information content (AvgIpc) is 2.98. The van der Waals surface area contributed by atoms with Crippen molar-refractivity contribution in [3.8, 4) is 0 Å². The van der Waals surface area contributed by atoms with Gasteiger partial charge in [0.15, 0.2) is 0 Å². The second-order valence-electron chi connectivity index (χ2n) is 6.34. The van der Waals surface area contributed by atoms with E-state index in [9.17, 15) is 14.4 Å². The van der Waals surface area contributed by atoms with E-state index in [2.05, 4.69) is 5.32 Å². The molecule has 148 valence electrons. The van der Waals surface area contributed by atoms with Crippen LogP contribution in [0.25, 0.3) is 6.08 Å². The van der Waals surface area contributed by atoms with Gasteiger partial charge in [-0.05, 0) is 44.9 Å². The van der Waals surface area contributed by atoms with Gasteiger partial charge in [-0.25, -0.2) is 0 Å². The van der Waals surface area contributed by atoms with E-state index in [1.165, 1.54) is 6.08 Å². The summed E-state index contributed by atoms with van der Waals surface area (Å²) in [5.41, 5.74) is 8.19. The van der Waals surface area contributed by atoms with E-state index >= 15 is 0 Å². The number of aryl methyl sites for hydroxylation is 1. The van der Waals surface area contributed by atoms with Gasteiger partial charge < -0.3 is 16.0 Å². The van der Waals surface area contributed by atoms with Gasteiger partial charge >= 0.3 is 0 Å². The third kappa shape index (κ3) is 4.86. The quantitative estimate of drug-likeness (QED) is 0.697. The van der Waals surface area contributed by atoms with Gasteiger partial charge in [0.2, 0.25) is 5.91 Å². The van der Waals surface area contributed by atoms with Crippen LogP contribution >= 0.6 is 11.3 Å². The third-order valence-electron chi connectivity index (χ3n) is 4.38. The first-order valence-corrected chi connectivity index (χ1v) is 9.88. The van der Waals surface area contributed by atoms with Gasteiger partial charge in [-0.15, -0.1) is 11.3 Å². The number of amides is 3. The van der Waals surface area contributed by atoms with Crippen molar-refractivity contribution >= 4 is 40.1 Å². The maximum atomic E-state index is 12.7. The van der Waals surface area contributed by atoms with Crippen molar-refractivity contribution < 1.29 is 14.4 Å². The first-order valence-electron chi connectivity index (χ1n) is 9.06. The number of carbonyl (C=O) groups excluding carboxylic acids is 3. The van der Waals surface area contributed by atoms with Crippen LogP contribution in [0, 0.1) is 13.8 Å². The van der Waals surface area contributed by atoms with Crippen LogP contribution < -0.4 is 11.1 Å². The van der Waals surface area contributed by atoms with Crippen molar-refractivity contribution in [2.45, 2.75) is 27.7 Å².